The third-order valence-electron chi connectivity index (χ3n) is 4.43. The summed E-state index contributed by atoms with van der Waals surface area (Å²) in [7, 11) is 0. The molecule has 3 heteroatoms. The molecule has 3 nitrogen and oxygen atoms in total. The average molecular weight is 246 g/mol. The fourth-order valence-corrected chi connectivity index (χ4v) is 3.52. The standard InChI is InChI=1S/C15H22N2O/c1-10(16)11-2-4-12(5-3-11)17-13-6-7-14(17)9-15(18)8-13/h2-5,10,13-15,18H,6-9,16H2,1H3. The van der Waals surface area contributed by atoms with Crippen LogP contribution in [0.25, 0.3) is 0 Å². The Hall–Kier alpha value is -1.06. The Morgan fingerprint density at radius 1 is 1.17 bits per heavy atom. The SMILES string of the molecule is CC(N)c1ccc(N2C3CCC2CC(O)C3)cc1. The lowest BCUT2D eigenvalue weighted by atomic mass is 9.98. The van der Waals surface area contributed by atoms with Gasteiger partial charge in [-0.05, 0) is 50.3 Å². The number of fused-ring (bicyclic) bond motifs is 2. The number of hydrogen-bond acceptors (Lipinski definition) is 3. The molecule has 3 atom stereocenters. The molecule has 3 rings (SSSR count). The molecule has 0 aromatic heterocycles. The molecule has 2 bridgehead atoms. The van der Waals surface area contributed by atoms with Crippen LogP contribution in [0.1, 0.15) is 44.2 Å². The van der Waals surface area contributed by atoms with Crippen molar-refractivity contribution in [3.05, 3.63) is 29.8 Å². The van der Waals surface area contributed by atoms with Gasteiger partial charge in [0.15, 0.2) is 0 Å². The average Bonchev–Trinajstić information content (AvgIpc) is 2.62. The van der Waals surface area contributed by atoms with Gasteiger partial charge in [-0.25, -0.2) is 0 Å². The Kier molecular flexibility index (Phi) is 3.04. The molecule has 0 saturated carbocycles. The van der Waals surface area contributed by atoms with Crippen LogP contribution in [0.4, 0.5) is 5.69 Å². The summed E-state index contributed by atoms with van der Waals surface area (Å²) in [5, 5.41) is 9.83. The summed E-state index contributed by atoms with van der Waals surface area (Å²) in [6.07, 6.45) is 4.19. The second-order valence-corrected chi connectivity index (χ2v) is 5.80. The molecule has 3 N–H and O–H groups in total. The highest BCUT2D eigenvalue weighted by molar-refractivity contribution is 5.51. The van der Waals surface area contributed by atoms with Crippen LogP contribution in [0.15, 0.2) is 24.3 Å². The minimum absolute atomic E-state index is 0.0953. The zero-order valence-corrected chi connectivity index (χ0v) is 10.9. The maximum absolute atomic E-state index is 9.83. The van der Waals surface area contributed by atoms with Crippen LogP contribution in [0, 0.1) is 0 Å². The van der Waals surface area contributed by atoms with Crippen molar-refractivity contribution in [1.82, 2.24) is 0 Å². The molecule has 2 saturated heterocycles. The van der Waals surface area contributed by atoms with E-state index < -0.39 is 0 Å². The summed E-state index contributed by atoms with van der Waals surface area (Å²) in [5.41, 5.74) is 8.35. The van der Waals surface area contributed by atoms with Crippen molar-refractivity contribution in [3.8, 4) is 0 Å². The molecule has 98 valence electrons. The van der Waals surface area contributed by atoms with Crippen LogP contribution in [0.2, 0.25) is 0 Å². The number of aliphatic hydroxyl groups is 1. The molecule has 1 aromatic carbocycles. The van der Waals surface area contributed by atoms with Crippen LogP contribution >= 0.6 is 0 Å². The molecular formula is C15H22N2O. The monoisotopic (exact) mass is 246 g/mol. The lowest BCUT2D eigenvalue weighted by Gasteiger charge is -2.39. The van der Waals surface area contributed by atoms with E-state index in [4.69, 9.17) is 5.73 Å². The number of anilines is 1. The molecule has 0 amide bonds. The van der Waals surface area contributed by atoms with E-state index in [9.17, 15) is 5.11 Å². The van der Waals surface area contributed by atoms with E-state index in [0.717, 1.165) is 12.8 Å². The van der Waals surface area contributed by atoms with Crippen LogP contribution in [-0.2, 0) is 0 Å². The lowest BCUT2D eigenvalue weighted by molar-refractivity contribution is 0.126. The van der Waals surface area contributed by atoms with E-state index in [2.05, 4.69) is 29.2 Å². The predicted molar refractivity (Wildman–Crippen MR) is 73.6 cm³/mol. The first-order chi connectivity index (χ1) is 8.65. The molecule has 0 aliphatic carbocycles. The van der Waals surface area contributed by atoms with Crippen molar-refractivity contribution >= 4 is 5.69 Å². The quantitative estimate of drug-likeness (QED) is 0.841. The molecule has 2 aliphatic heterocycles. The van der Waals surface area contributed by atoms with E-state index in [1.54, 1.807) is 0 Å². The fourth-order valence-electron chi connectivity index (χ4n) is 3.52. The number of nitrogens with zero attached hydrogens (tertiary/aromatic N) is 1. The second-order valence-electron chi connectivity index (χ2n) is 5.80. The molecule has 0 spiro atoms. The molecule has 2 aliphatic rings. The summed E-state index contributed by atoms with van der Waals surface area (Å²) in [6, 6.07) is 9.78. The minimum Gasteiger partial charge on any atom is -0.393 e. The van der Waals surface area contributed by atoms with E-state index in [0.29, 0.717) is 12.1 Å². The molecule has 1 aromatic rings. The number of aliphatic hydroxyl groups excluding tert-OH is 1. The Balaban J connectivity index is 1.83. The topological polar surface area (TPSA) is 49.5 Å². The van der Waals surface area contributed by atoms with Crippen molar-refractivity contribution in [1.29, 1.82) is 0 Å². The van der Waals surface area contributed by atoms with Crippen LogP contribution in [0.3, 0.4) is 0 Å². The summed E-state index contributed by atoms with van der Waals surface area (Å²) in [4.78, 5) is 2.51. The molecule has 3 unspecified atom stereocenters. The first kappa shape index (κ1) is 12.0. The van der Waals surface area contributed by atoms with E-state index >= 15 is 0 Å². The van der Waals surface area contributed by atoms with Crippen molar-refractivity contribution in [2.45, 2.75) is 56.8 Å². The van der Waals surface area contributed by atoms with Gasteiger partial charge < -0.3 is 15.7 Å². The maximum Gasteiger partial charge on any atom is 0.0579 e. The molecule has 2 heterocycles. The van der Waals surface area contributed by atoms with Gasteiger partial charge in [-0.1, -0.05) is 12.1 Å². The van der Waals surface area contributed by atoms with E-state index in [1.807, 2.05) is 6.92 Å². The van der Waals surface area contributed by atoms with Crippen molar-refractivity contribution < 1.29 is 5.11 Å². The third kappa shape index (κ3) is 2.02. The van der Waals surface area contributed by atoms with Crippen LogP contribution in [0.5, 0.6) is 0 Å². The molecule has 2 fully saturated rings. The largest absolute Gasteiger partial charge is 0.393 e. The number of hydrogen-bond donors (Lipinski definition) is 2. The first-order valence-corrected chi connectivity index (χ1v) is 6.97. The van der Waals surface area contributed by atoms with Gasteiger partial charge in [0.05, 0.1) is 6.10 Å². The molecule has 18 heavy (non-hydrogen) atoms. The second kappa shape index (κ2) is 4.56. The van der Waals surface area contributed by atoms with Gasteiger partial charge in [0.1, 0.15) is 0 Å². The Morgan fingerprint density at radius 3 is 2.22 bits per heavy atom. The minimum atomic E-state index is -0.0953. The maximum atomic E-state index is 9.83. The van der Waals surface area contributed by atoms with Gasteiger partial charge in [-0.15, -0.1) is 0 Å². The van der Waals surface area contributed by atoms with Gasteiger partial charge in [0.2, 0.25) is 0 Å². The number of benzene rings is 1. The van der Waals surface area contributed by atoms with E-state index in [-0.39, 0.29) is 12.1 Å². The Bertz CT molecular complexity index is 401. The molecule has 0 radical (unpaired) electrons. The van der Waals surface area contributed by atoms with Gasteiger partial charge in [-0.2, -0.15) is 0 Å². The van der Waals surface area contributed by atoms with E-state index in [1.165, 1.54) is 24.1 Å². The van der Waals surface area contributed by atoms with Crippen molar-refractivity contribution in [2.75, 3.05) is 4.90 Å². The summed E-state index contributed by atoms with van der Waals surface area (Å²) in [5.74, 6) is 0. The smallest absolute Gasteiger partial charge is 0.0579 e. The highest BCUT2D eigenvalue weighted by Gasteiger charge is 2.40. The van der Waals surface area contributed by atoms with Crippen LogP contribution < -0.4 is 10.6 Å². The first-order valence-electron chi connectivity index (χ1n) is 6.97. The summed E-state index contributed by atoms with van der Waals surface area (Å²) in [6.45, 7) is 2.01. The summed E-state index contributed by atoms with van der Waals surface area (Å²) >= 11 is 0. The number of rotatable bonds is 2. The lowest BCUT2D eigenvalue weighted by Crippen LogP contribution is -2.44. The highest BCUT2D eigenvalue weighted by Crippen LogP contribution is 2.39. The zero-order valence-electron chi connectivity index (χ0n) is 10.9. The molecular weight excluding hydrogens is 224 g/mol. The van der Waals surface area contributed by atoms with Crippen molar-refractivity contribution in [2.24, 2.45) is 5.73 Å². The number of piperidine rings is 1. The summed E-state index contributed by atoms with van der Waals surface area (Å²) < 4.78 is 0. The van der Waals surface area contributed by atoms with Gasteiger partial charge in [0, 0.05) is 23.8 Å². The Labute approximate surface area is 109 Å². The highest BCUT2D eigenvalue weighted by atomic mass is 16.3. The third-order valence-corrected chi connectivity index (χ3v) is 4.43. The van der Waals surface area contributed by atoms with Gasteiger partial charge >= 0.3 is 0 Å². The fraction of sp³-hybridized carbons (Fsp3) is 0.600. The number of nitrogens with two attached hydrogens (primary N) is 1. The Morgan fingerprint density at radius 2 is 1.72 bits per heavy atom. The van der Waals surface area contributed by atoms with Crippen molar-refractivity contribution in [3.63, 3.8) is 0 Å². The normalized spacial score (nSPS) is 32.6. The van der Waals surface area contributed by atoms with Gasteiger partial charge in [-0.3, -0.25) is 0 Å². The zero-order chi connectivity index (χ0) is 12.7. The van der Waals surface area contributed by atoms with Gasteiger partial charge in [0.25, 0.3) is 0 Å². The predicted octanol–water partition coefficient (Wildman–Crippen LogP) is 2.20. The van der Waals surface area contributed by atoms with Crippen LogP contribution in [-0.4, -0.2) is 23.3 Å².